The van der Waals surface area contributed by atoms with Crippen molar-refractivity contribution in [1.82, 2.24) is 4.90 Å². The van der Waals surface area contributed by atoms with Gasteiger partial charge in [-0.05, 0) is 80.2 Å². The minimum Gasteiger partial charge on any atom is -0.508 e. The van der Waals surface area contributed by atoms with Crippen LogP contribution < -0.4 is 4.74 Å². The SMILES string of the molecule is Oc1ccc(OCCN2CCC(Cc3cccc(F)c3)CC2)cc1. The molecule has 24 heavy (non-hydrogen) atoms. The highest BCUT2D eigenvalue weighted by Gasteiger charge is 2.19. The number of phenolic OH excluding ortho intramolecular Hbond substituents is 1. The lowest BCUT2D eigenvalue weighted by Gasteiger charge is -2.31. The molecule has 0 spiro atoms. The molecule has 128 valence electrons. The lowest BCUT2D eigenvalue weighted by atomic mass is 9.90. The zero-order valence-electron chi connectivity index (χ0n) is 13.8. The van der Waals surface area contributed by atoms with Gasteiger partial charge in [0.05, 0.1) is 0 Å². The fraction of sp³-hybridized carbons (Fsp3) is 0.400. The third-order valence-electron chi connectivity index (χ3n) is 4.63. The lowest BCUT2D eigenvalue weighted by Crippen LogP contribution is -2.37. The van der Waals surface area contributed by atoms with Crippen LogP contribution in [0.3, 0.4) is 0 Å². The van der Waals surface area contributed by atoms with Crippen LogP contribution in [-0.4, -0.2) is 36.2 Å². The molecule has 2 aromatic carbocycles. The van der Waals surface area contributed by atoms with Crippen molar-refractivity contribution in [2.75, 3.05) is 26.2 Å². The highest BCUT2D eigenvalue weighted by molar-refractivity contribution is 5.30. The van der Waals surface area contributed by atoms with E-state index in [1.54, 1.807) is 36.4 Å². The van der Waals surface area contributed by atoms with E-state index in [0.29, 0.717) is 12.5 Å². The van der Waals surface area contributed by atoms with Crippen LogP contribution in [0.1, 0.15) is 18.4 Å². The van der Waals surface area contributed by atoms with Crippen molar-refractivity contribution in [1.29, 1.82) is 0 Å². The number of hydrogen-bond donors (Lipinski definition) is 1. The van der Waals surface area contributed by atoms with Crippen molar-refractivity contribution in [3.63, 3.8) is 0 Å². The van der Waals surface area contributed by atoms with Crippen LogP contribution in [0.25, 0.3) is 0 Å². The van der Waals surface area contributed by atoms with Crippen LogP contribution in [-0.2, 0) is 6.42 Å². The average molecular weight is 329 g/mol. The standard InChI is InChI=1S/C20H24FNO2/c21-18-3-1-2-17(15-18)14-16-8-10-22(11-9-16)12-13-24-20-6-4-19(23)5-7-20/h1-7,15-16,23H,8-14H2. The van der Waals surface area contributed by atoms with E-state index in [2.05, 4.69) is 4.90 Å². The van der Waals surface area contributed by atoms with Crippen molar-refractivity contribution in [2.45, 2.75) is 19.3 Å². The minimum absolute atomic E-state index is 0.142. The molecule has 0 aliphatic carbocycles. The topological polar surface area (TPSA) is 32.7 Å². The second-order valence-corrected chi connectivity index (χ2v) is 6.46. The van der Waals surface area contributed by atoms with Crippen molar-refractivity contribution in [3.05, 3.63) is 59.9 Å². The molecule has 0 unspecified atom stereocenters. The predicted octanol–water partition coefficient (Wildman–Crippen LogP) is 3.86. The quantitative estimate of drug-likeness (QED) is 0.873. The molecule has 0 aromatic heterocycles. The van der Waals surface area contributed by atoms with Crippen LogP contribution in [0.15, 0.2) is 48.5 Å². The Kier molecular flexibility index (Phi) is 5.70. The number of nitrogens with zero attached hydrogens (tertiary/aromatic N) is 1. The Bertz CT molecular complexity index is 636. The highest BCUT2D eigenvalue weighted by Crippen LogP contribution is 2.22. The number of rotatable bonds is 6. The normalized spacial score (nSPS) is 16.2. The third kappa shape index (κ3) is 4.96. The maximum atomic E-state index is 13.2. The predicted molar refractivity (Wildman–Crippen MR) is 92.9 cm³/mol. The van der Waals surface area contributed by atoms with Gasteiger partial charge in [0, 0.05) is 6.54 Å². The van der Waals surface area contributed by atoms with Gasteiger partial charge in [0.2, 0.25) is 0 Å². The van der Waals surface area contributed by atoms with Crippen molar-refractivity contribution in [3.8, 4) is 11.5 Å². The third-order valence-corrected chi connectivity index (χ3v) is 4.63. The molecule has 2 aromatic rings. The summed E-state index contributed by atoms with van der Waals surface area (Å²) in [5.74, 6) is 1.54. The maximum absolute atomic E-state index is 13.2. The summed E-state index contributed by atoms with van der Waals surface area (Å²) in [6.07, 6.45) is 3.26. The summed E-state index contributed by atoms with van der Waals surface area (Å²) >= 11 is 0. The number of likely N-dealkylation sites (tertiary alicyclic amines) is 1. The van der Waals surface area contributed by atoms with Gasteiger partial charge in [-0.3, -0.25) is 4.90 Å². The van der Waals surface area contributed by atoms with E-state index in [-0.39, 0.29) is 11.6 Å². The summed E-state index contributed by atoms with van der Waals surface area (Å²) in [6.45, 7) is 3.70. The Balaban J connectivity index is 1.36. The lowest BCUT2D eigenvalue weighted by molar-refractivity contribution is 0.155. The fourth-order valence-electron chi connectivity index (χ4n) is 3.25. The van der Waals surface area contributed by atoms with E-state index in [1.807, 2.05) is 6.07 Å². The first-order valence-electron chi connectivity index (χ1n) is 8.58. The molecule has 1 aliphatic heterocycles. The Labute approximate surface area is 142 Å². The van der Waals surface area contributed by atoms with E-state index in [9.17, 15) is 9.50 Å². The van der Waals surface area contributed by atoms with Gasteiger partial charge in [-0.1, -0.05) is 12.1 Å². The van der Waals surface area contributed by atoms with Crippen LogP contribution >= 0.6 is 0 Å². The van der Waals surface area contributed by atoms with Crippen molar-refractivity contribution in [2.24, 2.45) is 5.92 Å². The van der Waals surface area contributed by atoms with Gasteiger partial charge in [0.25, 0.3) is 0 Å². The fourth-order valence-corrected chi connectivity index (χ4v) is 3.25. The first-order chi connectivity index (χ1) is 11.7. The molecule has 4 heteroatoms. The number of halogens is 1. The second-order valence-electron chi connectivity index (χ2n) is 6.46. The zero-order valence-corrected chi connectivity index (χ0v) is 13.8. The molecule has 1 heterocycles. The molecule has 0 radical (unpaired) electrons. The van der Waals surface area contributed by atoms with Gasteiger partial charge in [-0.15, -0.1) is 0 Å². The van der Waals surface area contributed by atoms with Gasteiger partial charge in [0.15, 0.2) is 0 Å². The Morgan fingerprint density at radius 3 is 2.54 bits per heavy atom. The largest absolute Gasteiger partial charge is 0.508 e. The van der Waals surface area contributed by atoms with Crippen LogP contribution in [0.5, 0.6) is 11.5 Å². The van der Waals surface area contributed by atoms with Crippen LogP contribution in [0.4, 0.5) is 4.39 Å². The Morgan fingerprint density at radius 2 is 1.83 bits per heavy atom. The van der Waals surface area contributed by atoms with E-state index < -0.39 is 0 Å². The first kappa shape index (κ1) is 16.8. The summed E-state index contributed by atoms with van der Waals surface area (Å²) in [5, 5.41) is 9.25. The number of aromatic hydroxyl groups is 1. The zero-order chi connectivity index (χ0) is 16.8. The number of ether oxygens (including phenoxy) is 1. The molecular formula is C20H24FNO2. The maximum Gasteiger partial charge on any atom is 0.123 e. The molecule has 1 aliphatic rings. The molecule has 3 rings (SSSR count). The van der Waals surface area contributed by atoms with Crippen molar-refractivity contribution >= 4 is 0 Å². The molecule has 1 fully saturated rings. The smallest absolute Gasteiger partial charge is 0.123 e. The average Bonchev–Trinajstić information content (AvgIpc) is 2.58. The van der Waals surface area contributed by atoms with Gasteiger partial charge in [0.1, 0.15) is 23.9 Å². The Hall–Kier alpha value is -2.07. The summed E-state index contributed by atoms with van der Waals surface area (Å²) in [7, 11) is 0. The van der Waals surface area contributed by atoms with E-state index >= 15 is 0 Å². The minimum atomic E-state index is -0.142. The molecular weight excluding hydrogens is 305 g/mol. The molecule has 1 N–H and O–H groups in total. The summed E-state index contributed by atoms with van der Waals surface area (Å²) in [6, 6.07) is 13.8. The van der Waals surface area contributed by atoms with Gasteiger partial charge < -0.3 is 9.84 Å². The van der Waals surface area contributed by atoms with E-state index in [0.717, 1.165) is 50.2 Å². The van der Waals surface area contributed by atoms with Gasteiger partial charge in [-0.25, -0.2) is 4.39 Å². The first-order valence-corrected chi connectivity index (χ1v) is 8.58. The molecule has 0 saturated carbocycles. The molecule has 0 bridgehead atoms. The summed E-state index contributed by atoms with van der Waals surface area (Å²) < 4.78 is 19.0. The summed E-state index contributed by atoms with van der Waals surface area (Å²) in [4.78, 5) is 2.42. The second kappa shape index (κ2) is 8.15. The summed E-state index contributed by atoms with van der Waals surface area (Å²) in [5.41, 5.74) is 1.10. The number of benzene rings is 2. The monoisotopic (exact) mass is 329 g/mol. The molecule has 3 nitrogen and oxygen atoms in total. The molecule has 0 amide bonds. The molecule has 0 atom stereocenters. The van der Waals surface area contributed by atoms with Crippen molar-refractivity contribution < 1.29 is 14.2 Å². The van der Waals surface area contributed by atoms with E-state index in [1.165, 1.54) is 6.07 Å². The van der Waals surface area contributed by atoms with Gasteiger partial charge >= 0.3 is 0 Å². The van der Waals surface area contributed by atoms with Crippen LogP contribution in [0.2, 0.25) is 0 Å². The van der Waals surface area contributed by atoms with E-state index in [4.69, 9.17) is 4.74 Å². The van der Waals surface area contributed by atoms with Gasteiger partial charge in [-0.2, -0.15) is 0 Å². The highest BCUT2D eigenvalue weighted by atomic mass is 19.1. The molecule has 1 saturated heterocycles. The van der Waals surface area contributed by atoms with Crippen LogP contribution in [0, 0.1) is 11.7 Å². The number of phenols is 1. The Morgan fingerprint density at radius 1 is 1.08 bits per heavy atom. The number of piperidine rings is 1. The number of hydrogen-bond acceptors (Lipinski definition) is 3.